The first-order valence-electron chi connectivity index (χ1n) is 8.26. The molecule has 8 heteroatoms. The number of alkyl halides is 3. The van der Waals surface area contributed by atoms with E-state index in [2.05, 4.69) is 10.3 Å². The number of nitrogens with zero attached hydrogens (tertiary/aromatic N) is 2. The lowest BCUT2D eigenvalue weighted by Gasteiger charge is -2.18. The van der Waals surface area contributed by atoms with E-state index in [9.17, 15) is 18.0 Å². The summed E-state index contributed by atoms with van der Waals surface area (Å²) < 4.78 is 36.6. The van der Waals surface area contributed by atoms with Crippen LogP contribution in [-0.2, 0) is 11.2 Å². The fourth-order valence-corrected chi connectivity index (χ4v) is 3.23. The van der Waals surface area contributed by atoms with Crippen molar-refractivity contribution in [1.29, 1.82) is 0 Å². The number of carbonyl (C=O) groups is 1. The summed E-state index contributed by atoms with van der Waals surface area (Å²) in [5.74, 6) is -0.177. The highest BCUT2D eigenvalue weighted by atomic mass is 32.1. The Labute approximate surface area is 155 Å². The Bertz CT molecular complexity index is 713. The quantitative estimate of drug-likeness (QED) is 0.706. The molecule has 142 valence electrons. The Kier molecular flexibility index (Phi) is 7.16. The van der Waals surface area contributed by atoms with E-state index in [0.717, 1.165) is 10.6 Å². The molecule has 1 heterocycles. The highest BCUT2D eigenvalue weighted by Gasteiger charge is 2.28. The van der Waals surface area contributed by atoms with Gasteiger partial charge in [-0.25, -0.2) is 4.98 Å². The van der Waals surface area contributed by atoms with Crippen molar-refractivity contribution in [2.75, 3.05) is 26.7 Å². The molecule has 0 fully saturated rings. The molecule has 0 saturated carbocycles. The third-order valence-corrected chi connectivity index (χ3v) is 4.62. The standard InChI is InChI=1S/C18H22F3N3OS/c1-13-4-6-14(7-5-13)17-23-15(11-26-17)10-16(25)22-8-3-9-24(2)12-18(19,20)21/h4-7,11H,3,8-10,12H2,1-2H3,(H,22,25). The number of nitrogens with one attached hydrogen (secondary N) is 1. The summed E-state index contributed by atoms with van der Waals surface area (Å²) in [5, 5.41) is 5.44. The van der Waals surface area contributed by atoms with Crippen molar-refractivity contribution in [2.45, 2.75) is 25.9 Å². The predicted octanol–water partition coefficient (Wildman–Crippen LogP) is 3.66. The number of benzene rings is 1. The van der Waals surface area contributed by atoms with Crippen molar-refractivity contribution in [2.24, 2.45) is 0 Å². The smallest absolute Gasteiger partial charge is 0.356 e. The maximum Gasteiger partial charge on any atom is 0.401 e. The van der Waals surface area contributed by atoms with Gasteiger partial charge in [-0.15, -0.1) is 11.3 Å². The summed E-state index contributed by atoms with van der Waals surface area (Å²) in [6.45, 7) is 1.69. The van der Waals surface area contributed by atoms with E-state index >= 15 is 0 Å². The van der Waals surface area contributed by atoms with Crippen molar-refractivity contribution in [3.05, 3.63) is 40.9 Å². The predicted molar refractivity (Wildman–Crippen MR) is 97.2 cm³/mol. The molecular formula is C18H22F3N3OS. The number of amides is 1. The molecule has 0 aliphatic carbocycles. The van der Waals surface area contributed by atoms with Gasteiger partial charge < -0.3 is 5.32 Å². The molecule has 0 atom stereocenters. The van der Waals surface area contributed by atoms with Crippen molar-refractivity contribution in [3.8, 4) is 10.6 Å². The number of hydrogen-bond donors (Lipinski definition) is 1. The second-order valence-electron chi connectivity index (χ2n) is 6.24. The third kappa shape index (κ3) is 7.13. The summed E-state index contributed by atoms with van der Waals surface area (Å²) in [5.41, 5.74) is 2.88. The second kappa shape index (κ2) is 9.14. The van der Waals surface area contributed by atoms with Gasteiger partial charge in [-0.3, -0.25) is 9.69 Å². The summed E-state index contributed by atoms with van der Waals surface area (Å²) in [6, 6.07) is 8.02. The second-order valence-corrected chi connectivity index (χ2v) is 7.10. The first kappa shape index (κ1) is 20.4. The lowest BCUT2D eigenvalue weighted by atomic mass is 10.2. The summed E-state index contributed by atoms with van der Waals surface area (Å²) >= 11 is 1.48. The van der Waals surface area contributed by atoms with Gasteiger partial charge in [0.15, 0.2) is 0 Å². The van der Waals surface area contributed by atoms with Gasteiger partial charge >= 0.3 is 6.18 Å². The van der Waals surface area contributed by atoms with E-state index in [1.165, 1.54) is 28.8 Å². The Balaban J connectivity index is 1.72. The van der Waals surface area contributed by atoms with Gasteiger partial charge in [0.2, 0.25) is 5.91 Å². The minimum absolute atomic E-state index is 0.167. The van der Waals surface area contributed by atoms with Crippen LogP contribution in [0.2, 0.25) is 0 Å². The molecule has 0 aliphatic heterocycles. The van der Waals surface area contributed by atoms with Gasteiger partial charge in [-0.05, 0) is 26.9 Å². The molecule has 0 aliphatic rings. The average Bonchev–Trinajstić information content (AvgIpc) is 2.99. The van der Waals surface area contributed by atoms with Gasteiger partial charge in [0, 0.05) is 17.5 Å². The van der Waals surface area contributed by atoms with Crippen LogP contribution in [0.5, 0.6) is 0 Å². The zero-order valence-corrected chi connectivity index (χ0v) is 15.6. The Morgan fingerprint density at radius 2 is 1.96 bits per heavy atom. The number of halogens is 3. The van der Waals surface area contributed by atoms with E-state index in [4.69, 9.17) is 0 Å². The van der Waals surface area contributed by atoms with Gasteiger partial charge in [-0.1, -0.05) is 29.8 Å². The largest absolute Gasteiger partial charge is 0.401 e. The topological polar surface area (TPSA) is 45.2 Å². The fourth-order valence-electron chi connectivity index (χ4n) is 2.41. The number of aromatic nitrogens is 1. The normalized spacial score (nSPS) is 11.8. The Hall–Kier alpha value is -1.93. The molecule has 0 spiro atoms. The van der Waals surface area contributed by atoms with E-state index in [1.54, 1.807) is 0 Å². The van der Waals surface area contributed by atoms with Crippen LogP contribution in [0.25, 0.3) is 10.6 Å². The van der Waals surface area contributed by atoms with Crippen LogP contribution in [0.1, 0.15) is 17.7 Å². The monoisotopic (exact) mass is 385 g/mol. The van der Waals surface area contributed by atoms with Crippen molar-refractivity contribution >= 4 is 17.2 Å². The van der Waals surface area contributed by atoms with Crippen molar-refractivity contribution in [3.63, 3.8) is 0 Å². The molecule has 1 aromatic carbocycles. The maximum absolute atomic E-state index is 12.2. The number of carbonyl (C=O) groups excluding carboxylic acids is 1. The van der Waals surface area contributed by atoms with Crippen molar-refractivity contribution in [1.82, 2.24) is 15.2 Å². The number of aryl methyl sites for hydroxylation is 1. The van der Waals surface area contributed by atoms with Crippen LogP contribution in [0, 0.1) is 6.92 Å². The van der Waals surface area contributed by atoms with Crippen molar-refractivity contribution < 1.29 is 18.0 Å². The van der Waals surface area contributed by atoms with E-state index in [-0.39, 0.29) is 18.9 Å². The zero-order valence-electron chi connectivity index (χ0n) is 14.8. The van der Waals surface area contributed by atoms with Crippen LogP contribution in [-0.4, -0.2) is 48.6 Å². The molecule has 1 N–H and O–H groups in total. The Morgan fingerprint density at radius 1 is 1.27 bits per heavy atom. The van der Waals surface area contributed by atoms with E-state index in [0.29, 0.717) is 18.7 Å². The molecular weight excluding hydrogens is 363 g/mol. The summed E-state index contributed by atoms with van der Waals surface area (Å²) in [7, 11) is 1.41. The first-order valence-corrected chi connectivity index (χ1v) is 9.14. The minimum atomic E-state index is -4.20. The summed E-state index contributed by atoms with van der Waals surface area (Å²) in [6.07, 6.45) is -3.57. The van der Waals surface area contributed by atoms with Gasteiger partial charge in [0.05, 0.1) is 18.7 Å². The van der Waals surface area contributed by atoms with Crippen LogP contribution in [0.15, 0.2) is 29.6 Å². The van der Waals surface area contributed by atoms with Crippen LogP contribution in [0.3, 0.4) is 0 Å². The fraction of sp³-hybridized carbons (Fsp3) is 0.444. The van der Waals surface area contributed by atoms with E-state index < -0.39 is 12.7 Å². The third-order valence-electron chi connectivity index (χ3n) is 3.68. The van der Waals surface area contributed by atoms with E-state index in [1.807, 2.05) is 36.6 Å². The van der Waals surface area contributed by atoms with Gasteiger partial charge in [0.1, 0.15) is 5.01 Å². The molecule has 0 radical (unpaired) electrons. The number of rotatable bonds is 8. The van der Waals surface area contributed by atoms with Gasteiger partial charge in [0.25, 0.3) is 0 Å². The molecule has 2 rings (SSSR count). The molecule has 0 saturated heterocycles. The minimum Gasteiger partial charge on any atom is -0.356 e. The molecule has 0 unspecified atom stereocenters. The SMILES string of the molecule is Cc1ccc(-c2nc(CC(=O)NCCCN(C)CC(F)(F)F)cs2)cc1. The molecule has 26 heavy (non-hydrogen) atoms. The van der Waals surface area contributed by atoms with Gasteiger partial charge in [-0.2, -0.15) is 13.2 Å². The Morgan fingerprint density at radius 3 is 2.62 bits per heavy atom. The maximum atomic E-state index is 12.2. The first-order chi connectivity index (χ1) is 12.2. The highest BCUT2D eigenvalue weighted by Crippen LogP contribution is 2.24. The molecule has 1 aromatic heterocycles. The lowest BCUT2D eigenvalue weighted by molar-refractivity contribution is -0.143. The summed E-state index contributed by atoms with van der Waals surface area (Å²) in [4.78, 5) is 17.6. The van der Waals surface area contributed by atoms with Crippen LogP contribution < -0.4 is 5.32 Å². The van der Waals surface area contributed by atoms with Crippen LogP contribution >= 0.6 is 11.3 Å². The molecule has 2 aromatic rings. The highest BCUT2D eigenvalue weighted by molar-refractivity contribution is 7.13. The molecule has 0 bridgehead atoms. The molecule has 1 amide bonds. The number of hydrogen-bond acceptors (Lipinski definition) is 4. The molecule has 4 nitrogen and oxygen atoms in total. The van der Waals surface area contributed by atoms with Crippen LogP contribution in [0.4, 0.5) is 13.2 Å². The zero-order chi connectivity index (χ0) is 19.2. The average molecular weight is 385 g/mol. The number of thiazole rings is 1. The lowest BCUT2D eigenvalue weighted by Crippen LogP contribution is -2.34.